The Hall–Kier alpha value is -1.59. The molecule has 1 aromatic carbocycles. The quantitative estimate of drug-likeness (QED) is 0.784. The lowest BCUT2D eigenvalue weighted by molar-refractivity contribution is -0.122. The SMILES string of the molecule is CCCNC(=O)CN1CCN(CCOc2ccccc2)CC1. The molecular weight excluding hydrogens is 278 g/mol. The summed E-state index contributed by atoms with van der Waals surface area (Å²) in [6.45, 7) is 8.90. The van der Waals surface area contributed by atoms with E-state index in [2.05, 4.69) is 22.0 Å². The average Bonchev–Trinajstić information content (AvgIpc) is 2.55. The first-order valence-corrected chi connectivity index (χ1v) is 8.17. The summed E-state index contributed by atoms with van der Waals surface area (Å²) in [5.74, 6) is 1.07. The molecule has 1 aliphatic rings. The number of carbonyl (C=O) groups excluding carboxylic acids is 1. The fourth-order valence-electron chi connectivity index (χ4n) is 2.50. The molecule has 0 unspecified atom stereocenters. The third-order valence-corrected chi connectivity index (χ3v) is 3.82. The molecule has 0 spiro atoms. The minimum absolute atomic E-state index is 0.141. The van der Waals surface area contributed by atoms with E-state index in [-0.39, 0.29) is 5.91 Å². The minimum Gasteiger partial charge on any atom is -0.492 e. The van der Waals surface area contributed by atoms with Crippen molar-refractivity contribution in [3.05, 3.63) is 30.3 Å². The normalized spacial score (nSPS) is 16.4. The summed E-state index contributed by atoms with van der Waals surface area (Å²) in [6.07, 6.45) is 0.987. The van der Waals surface area contributed by atoms with Crippen molar-refractivity contribution in [3.63, 3.8) is 0 Å². The van der Waals surface area contributed by atoms with Crippen molar-refractivity contribution in [1.29, 1.82) is 0 Å². The summed E-state index contributed by atoms with van der Waals surface area (Å²) < 4.78 is 5.73. The molecule has 0 bridgehead atoms. The first kappa shape index (κ1) is 16.8. The molecule has 0 saturated carbocycles. The maximum absolute atomic E-state index is 11.7. The van der Waals surface area contributed by atoms with Gasteiger partial charge in [-0.25, -0.2) is 0 Å². The van der Waals surface area contributed by atoms with E-state index in [0.717, 1.165) is 51.4 Å². The summed E-state index contributed by atoms with van der Waals surface area (Å²) >= 11 is 0. The predicted octanol–water partition coefficient (Wildman–Crippen LogP) is 1.21. The lowest BCUT2D eigenvalue weighted by atomic mass is 10.3. The van der Waals surface area contributed by atoms with Gasteiger partial charge < -0.3 is 10.1 Å². The Morgan fingerprint density at radius 2 is 1.82 bits per heavy atom. The number of rotatable bonds is 8. The lowest BCUT2D eigenvalue weighted by Crippen LogP contribution is -2.50. The minimum atomic E-state index is 0.141. The monoisotopic (exact) mass is 305 g/mol. The Bertz CT molecular complexity index is 431. The van der Waals surface area contributed by atoms with Gasteiger partial charge in [0.1, 0.15) is 12.4 Å². The predicted molar refractivity (Wildman–Crippen MR) is 88.1 cm³/mol. The number of ether oxygens (including phenoxy) is 1. The molecule has 1 N–H and O–H groups in total. The standard InChI is InChI=1S/C17H27N3O2/c1-2-8-18-17(21)15-20-11-9-19(10-12-20)13-14-22-16-6-4-3-5-7-16/h3-7H,2,8-15H2,1H3,(H,18,21). The van der Waals surface area contributed by atoms with Crippen LogP contribution in [0.1, 0.15) is 13.3 Å². The van der Waals surface area contributed by atoms with Crippen LogP contribution in [0.5, 0.6) is 5.75 Å². The van der Waals surface area contributed by atoms with Crippen LogP contribution in [0.4, 0.5) is 0 Å². The molecule has 1 fully saturated rings. The van der Waals surface area contributed by atoms with Gasteiger partial charge in [0, 0.05) is 39.3 Å². The Kier molecular flexibility index (Phi) is 7.19. The van der Waals surface area contributed by atoms with Crippen LogP contribution in [0.15, 0.2) is 30.3 Å². The molecule has 0 aromatic heterocycles. The third kappa shape index (κ3) is 6.03. The second-order valence-corrected chi connectivity index (χ2v) is 5.63. The Balaban J connectivity index is 1.58. The number of nitrogens with one attached hydrogen (secondary N) is 1. The van der Waals surface area contributed by atoms with Crippen LogP contribution < -0.4 is 10.1 Å². The van der Waals surface area contributed by atoms with Gasteiger partial charge in [0.2, 0.25) is 5.91 Å². The lowest BCUT2D eigenvalue weighted by Gasteiger charge is -2.34. The van der Waals surface area contributed by atoms with Gasteiger partial charge in [-0.05, 0) is 18.6 Å². The van der Waals surface area contributed by atoms with Crippen LogP contribution in [-0.4, -0.2) is 68.1 Å². The smallest absolute Gasteiger partial charge is 0.234 e. The van der Waals surface area contributed by atoms with Crippen molar-refractivity contribution in [1.82, 2.24) is 15.1 Å². The fraction of sp³-hybridized carbons (Fsp3) is 0.588. The van der Waals surface area contributed by atoms with Crippen molar-refractivity contribution in [3.8, 4) is 5.75 Å². The zero-order valence-corrected chi connectivity index (χ0v) is 13.5. The van der Waals surface area contributed by atoms with Crippen molar-refractivity contribution in [2.75, 3.05) is 52.4 Å². The molecule has 22 heavy (non-hydrogen) atoms. The van der Waals surface area contributed by atoms with Gasteiger partial charge in [-0.1, -0.05) is 25.1 Å². The van der Waals surface area contributed by atoms with Crippen LogP contribution >= 0.6 is 0 Å². The average molecular weight is 305 g/mol. The van der Waals surface area contributed by atoms with Crippen molar-refractivity contribution in [2.45, 2.75) is 13.3 Å². The maximum Gasteiger partial charge on any atom is 0.234 e. The first-order valence-electron chi connectivity index (χ1n) is 8.17. The first-order chi connectivity index (χ1) is 10.8. The Morgan fingerprint density at radius 1 is 1.14 bits per heavy atom. The molecule has 5 nitrogen and oxygen atoms in total. The van der Waals surface area contributed by atoms with Crippen molar-refractivity contribution < 1.29 is 9.53 Å². The van der Waals surface area contributed by atoms with Gasteiger partial charge in [-0.2, -0.15) is 0 Å². The van der Waals surface area contributed by atoms with Gasteiger partial charge in [-0.3, -0.25) is 14.6 Å². The zero-order valence-electron chi connectivity index (χ0n) is 13.5. The maximum atomic E-state index is 11.7. The van der Waals surface area contributed by atoms with Gasteiger partial charge in [-0.15, -0.1) is 0 Å². The zero-order chi connectivity index (χ0) is 15.6. The number of hydrogen-bond acceptors (Lipinski definition) is 4. The van der Waals surface area contributed by atoms with Crippen LogP contribution in [0.2, 0.25) is 0 Å². The third-order valence-electron chi connectivity index (χ3n) is 3.82. The van der Waals surface area contributed by atoms with Gasteiger partial charge in [0.25, 0.3) is 0 Å². The molecule has 0 atom stereocenters. The number of nitrogens with zero attached hydrogens (tertiary/aromatic N) is 2. The molecule has 1 saturated heterocycles. The number of benzene rings is 1. The van der Waals surface area contributed by atoms with Gasteiger partial charge in [0.15, 0.2) is 0 Å². The topological polar surface area (TPSA) is 44.8 Å². The van der Waals surface area contributed by atoms with E-state index in [0.29, 0.717) is 13.2 Å². The number of carbonyl (C=O) groups is 1. The molecule has 2 rings (SSSR count). The summed E-state index contributed by atoms with van der Waals surface area (Å²) in [6, 6.07) is 9.91. The molecule has 122 valence electrons. The number of para-hydroxylation sites is 1. The van der Waals surface area contributed by atoms with E-state index in [9.17, 15) is 4.79 Å². The fourth-order valence-corrected chi connectivity index (χ4v) is 2.50. The van der Waals surface area contributed by atoms with Crippen LogP contribution in [-0.2, 0) is 4.79 Å². The summed E-state index contributed by atoms with van der Waals surface area (Å²) in [4.78, 5) is 16.3. The number of amides is 1. The molecule has 1 amide bonds. The van der Waals surface area contributed by atoms with Gasteiger partial charge in [0.05, 0.1) is 6.54 Å². The highest BCUT2D eigenvalue weighted by atomic mass is 16.5. The van der Waals surface area contributed by atoms with Gasteiger partial charge >= 0.3 is 0 Å². The second-order valence-electron chi connectivity index (χ2n) is 5.63. The van der Waals surface area contributed by atoms with E-state index in [1.807, 2.05) is 30.3 Å². The Labute approximate surface area is 133 Å². The molecule has 0 aliphatic carbocycles. The second kappa shape index (κ2) is 9.43. The van der Waals surface area contributed by atoms with E-state index >= 15 is 0 Å². The molecular formula is C17H27N3O2. The van der Waals surface area contributed by atoms with Crippen molar-refractivity contribution in [2.24, 2.45) is 0 Å². The highest BCUT2D eigenvalue weighted by Crippen LogP contribution is 2.08. The molecule has 1 aliphatic heterocycles. The van der Waals surface area contributed by atoms with Crippen molar-refractivity contribution >= 4 is 5.91 Å². The largest absolute Gasteiger partial charge is 0.492 e. The van der Waals surface area contributed by atoms with Crippen LogP contribution in [0.3, 0.4) is 0 Å². The molecule has 5 heteroatoms. The molecule has 1 aromatic rings. The van der Waals surface area contributed by atoms with Crippen LogP contribution in [0.25, 0.3) is 0 Å². The van der Waals surface area contributed by atoms with Crippen LogP contribution in [0, 0.1) is 0 Å². The molecule has 0 radical (unpaired) electrons. The summed E-state index contributed by atoms with van der Waals surface area (Å²) in [7, 11) is 0. The van der Waals surface area contributed by atoms with E-state index in [1.165, 1.54) is 0 Å². The Morgan fingerprint density at radius 3 is 2.50 bits per heavy atom. The summed E-state index contributed by atoms with van der Waals surface area (Å²) in [5.41, 5.74) is 0. The van der Waals surface area contributed by atoms with E-state index in [1.54, 1.807) is 0 Å². The molecule has 1 heterocycles. The highest BCUT2D eigenvalue weighted by molar-refractivity contribution is 5.77. The highest BCUT2D eigenvalue weighted by Gasteiger charge is 2.18. The van der Waals surface area contributed by atoms with E-state index in [4.69, 9.17) is 4.74 Å². The number of hydrogen-bond donors (Lipinski definition) is 1. The number of piperazine rings is 1. The summed E-state index contributed by atoms with van der Waals surface area (Å²) in [5, 5.41) is 2.93. The van der Waals surface area contributed by atoms with E-state index < -0.39 is 0 Å².